The molecule has 9 heteroatoms. The molecule has 0 fully saturated rings. The second kappa shape index (κ2) is 10.1. The molecule has 35 heavy (non-hydrogen) atoms. The third-order valence-corrected chi connectivity index (χ3v) is 6.62. The third-order valence-electron chi connectivity index (χ3n) is 5.46. The number of hydrogen-bond donors (Lipinski definition) is 1. The Morgan fingerprint density at radius 2 is 1.71 bits per heavy atom. The van der Waals surface area contributed by atoms with Gasteiger partial charge in [0.05, 0.1) is 5.92 Å². The van der Waals surface area contributed by atoms with E-state index in [0.29, 0.717) is 37.7 Å². The van der Waals surface area contributed by atoms with Crippen LogP contribution >= 0.6 is 34.8 Å². The number of rotatable bonds is 5. The number of nitrogens with two attached hydrogens (primary N) is 1. The number of halogens is 3. The standard InChI is InChI=1S/C26H19Cl3N2O4/c1-13-7-17(8-14(2)25(13)29)33-12-23(32)34-16-4-6-19-22(10-16)35-26(31)20(11-30)24(19)18-5-3-15(27)9-21(18)28/h3-10,24H,12,31H2,1-2H3. The van der Waals surface area contributed by atoms with Crippen LogP contribution in [0.2, 0.25) is 15.1 Å². The van der Waals surface area contributed by atoms with Crippen LogP contribution in [0.3, 0.4) is 0 Å². The molecule has 2 N–H and O–H groups in total. The fraction of sp³-hybridized carbons (Fsp3) is 0.154. The lowest BCUT2D eigenvalue weighted by Gasteiger charge is -2.27. The number of fused-ring (bicyclic) bond motifs is 1. The normalized spacial score (nSPS) is 14.6. The van der Waals surface area contributed by atoms with Crippen molar-refractivity contribution in [1.82, 2.24) is 0 Å². The van der Waals surface area contributed by atoms with Crippen LogP contribution in [0.4, 0.5) is 0 Å². The summed E-state index contributed by atoms with van der Waals surface area (Å²) in [5.74, 6) is -0.152. The number of ether oxygens (including phenoxy) is 3. The first-order valence-corrected chi connectivity index (χ1v) is 11.6. The summed E-state index contributed by atoms with van der Waals surface area (Å²) >= 11 is 18.6. The van der Waals surface area contributed by atoms with Crippen molar-refractivity contribution >= 4 is 40.8 Å². The minimum atomic E-state index is -0.607. The van der Waals surface area contributed by atoms with Gasteiger partial charge in [0.2, 0.25) is 5.88 Å². The minimum Gasteiger partial charge on any atom is -0.482 e. The van der Waals surface area contributed by atoms with Gasteiger partial charge in [0.1, 0.15) is 28.9 Å². The number of carbonyl (C=O) groups excluding carboxylic acids is 1. The molecule has 0 bridgehead atoms. The average molecular weight is 530 g/mol. The predicted octanol–water partition coefficient (Wildman–Crippen LogP) is 6.47. The number of hydrogen-bond acceptors (Lipinski definition) is 6. The zero-order valence-corrected chi connectivity index (χ0v) is 21.0. The molecule has 0 spiro atoms. The van der Waals surface area contributed by atoms with E-state index in [-0.39, 0.29) is 23.8 Å². The summed E-state index contributed by atoms with van der Waals surface area (Å²) in [4.78, 5) is 12.4. The molecule has 1 heterocycles. The van der Waals surface area contributed by atoms with Crippen molar-refractivity contribution in [2.24, 2.45) is 5.73 Å². The van der Waals surface area contributed by atoms with E-state index in [4.69, 9.17) is 54.7 Å². The van der Waals surface area contributed by atoms with Gasteiger partial charge in [0.25, 0.3) is 0 Å². The van der Waals surface area contributed by atoms with E-state index >= 15 is 0 Å². The molecule has 0 amide bonds. The summed E-state index contributed by atoms with van der Waals surface area (Å²) in [6, 6.07) is 15.4. The van der Waals surface area contributed by atoms with Crippen LogP contribution in [0.1, 0.15) is 28.2 Å². The van der Waals surface area contributed by atoms with E-state index in [0.717, 1.165) is 11.1 Å². The summed E-state index contributed by atoms with van der Waals surface area (Å²) in [7, 11) is 0. The number of aryl methyl sites for hydroxylation is 2. The Bertz CT molecular complexity index is 1390. The smallest absolute Gasteiger partial charge is 0.349 e. The molecule has 178 valence electrons. The summed E-state index contributed by atoms with van der Waals surface area (Å²) < 4.78 is 16.6. The molecule has 0 saturated carbocycles. The second-order valence-electron chi connectivity index (χ2n) is 7.92. The number of benzene rings is 3. The molecule has 6 nitrogen and oxygen atoms in total. The highest BCUT2D eigenvalue weighted by atomic mass is 35.5. The molecule has 1 aliphatic rings. The van der Waals surface area contributed by atoms with Gasteiger partial charge in [0, 0.05) is 26.7 Å². The molecule has 3 aromatic rings. The van der Waals surface area contributed by atoms with Gasteiger partial charge in [-0.1, -0.05) is 46.9 Å². The van der Waals surface area contributed by atoms with Gasteiger partial charge in [-0.3, -0.25) is 0 Å². The van der Waals surface area contributed by atoms with Crippen molar-refractivity contribution in [3.05, 3.63) is 97.3 Å². The number of nitriles is 1. The van der Waals surface area contributed by atoms with Crippen LogP contribution < -0.4 is 19.9 Å². The second-order valence-corrected chi connectivity index (χ2v) is 9.15. The molecule has 3 aromatic carbocycles. The zero-order valence-electron chi connectivity index (χ0n) is 18.7. The first-order valence-electron chi connectivity index (χ1n) is 10.4. The van der Waals surface area contributed by atoms with E-state index in [9.17, 15) is 10.1 Å². The minimum absolute atomic E-state index is 0.0590. The van der Waals surface area contributed by atoms with Crippen LogP contribution in [-0.2, 0) is 4.79 Å². The van der Waals surface area contributed by atoms with Gasteiger partial charge < -0.3 is 19.9 Å². The molecule has 0 aromatic heterocycles. The van der Waals surface area contributed by atoms with Crippen molar-refractivity contribution in [3.63, 3.8) is 0 Å². The average Bonchev–Trinajstić information content (AvgIpc) is 2.80. The van der Waals surface area contributed by atoms with Crippen LogP contribution in [0.15, 0.2) is 60.0 Å². The predicted molar refractivity (Wildman–Crippen MR) is 134 cm³/mol. The Kier molecular flexibility index (Phi) is 7.13. The molecule has 0 radical (unpaired) electrons. The Balaban J connectivity index is 1.55. The maximum atomic E-state index is 12.4. The summed E-state index contributed by atoms with van der Waals surface area (Å²) in [6.07, 6.45) is 0. The van der Waals surface area contributed by atoms with Gasteiger partial charge in [0.15, 0.2) is 6.61 Å². The summed E-state index contributed by atoms with van der Waals surface area (Å²) in [5.41, 5.74) is 9.24. The maximum Gasteiger partial charge on any atom is 0.349 e. The number of nitrogens with zero attached hydrogens (tertiary/aromatic N) is 1. The highest BCUT2D eigenvalue weighted by Crippen LogP contribution is 2.45. The van der Waals surface area contributed by atoms with Crippen LogP contribution in [-0.4, -0.2) is 12.6 Å². The fourth-order valence-corrected chi connectivity index (χ4v) is 4.47. The Hall–Kier alpha value is -3.37. The van der Waals surface area contributed by atoms with Crippen molar-refractivity contribution in [1.29, 1.82) is 5.26 Å². The first-order chi connectivity index (χ1) is 16.7. The molecular formula is C26H19Cl3N2O4. The van der Waals surface area contributed by atoms with E-state index in [1.807, 2.05) is 13.8 Å². The summed E-state index contributed by atoms with van der Waals surface area (Å²) in [6.45, 7) is 3.41. The topological polar surface area (TPSA) is 94.6 Å². The monoisotopic (exact) mass is 528 g/mol. The van der Waals surface area contributed by atoms with Gasteiger partial charge in [-0.2, -0.15) is 5.26 Å². The Morgan fingerprint density at radius 1 is 1.03 bits per heavy atom. The van der Waals surface area contributed by atoms with Crippen LogP contribution in [0.5, 0.6) is 17.2 Å². The van der Waals surface area contributed by atoms with Gasteiger partial charge in [-0.05, 0) is 60.9 Å². The van der Waals surface area contributed by atoms with E-state index in [2.05, 4.69) is 6.07 Å². The molecule has 1 aliphatic heterocycles. The van der Waals surface area contributed by atoms with E-state index < -0.39 is 11.9 Å². The molecular weight excluding hydrogens is 511 g/mol. The SMILES string of the molecule is Cc1cc(OCC(=O)Oc2ccc3c(c2)OC(N)=C(C#N)C3c2ccc(Cl)cc2Cl)cc(C)c1Cl. The molecule has 0 aliphatic carbocycles. The van der Waals surface area contributed by atoms with Crippen LogP contribution in [0, 0.1) is 25.2 Å². The highest BCUT2D eigenvalue weighted by Gasteiger charge is 2.32. The van der Waals surface area contributed by atoms with Gasteiger partial charge in [-0.25, -0.2) is 4.79 Å². The molecule has 1 unspecified atom stereocenters. The van der Waals surface area contributed by atoms with Crippen LogP contribution in [0.25, 0.3) is 0 Å². The quantitative estimate of drug-likeness (QED) is 0.301. The van der Waals surface area contributed by atoms with Gasteiger partial charge in [-0.15, -0.1) is 0 Å². The van der Waals surface area contributed by atoms with Crippen molar-refractivity contribution in [3.8, 4) is 23.3 Å². The van der Waals surface area contributed by atoms with Crippen molar-refractivity contribution < 1.29 is 19.0 Å². The number of esters is 1. The Labute approximate surface area is 217 Å². The molecule has 0 saturated heterocycles. The largest absolute Gasteiger partial charge is 0.482 e. The van der Waals surface area contributed by atoms with Gasteiger partial charge >= 0.3 is 5.97 Å². The highest BCUT2D eigenvalue weighted by molar-refractivity contribution is 6.35. The van der Waals surface area contributed by atoms with Crippen molar-refractivity contribution in [2.45, 2.75) is 19.8 Å². The Morgan fingerprint density at radius 3 is 2.37 bits per heavy atom. The molecule has 4 rings (SSSR count). The molecule has 1 atom stereocenters. The zero-order chi connectivity index (χ0) is 25.3. The lowest BCUT2D eigenvalue weighted by atomic mass is 9.83. The number of carbonyl (C=O) groups is 1. The lowest BCUT2D eigenvalue weighted by Crippen LogP contribution is -2.22. The van der Waals surface area contributed by atoms with Crippen molar-refractivity contribution in [2.75, 3.05) is 6.61 Å². The first kappa shape index (κ1) is 24.7. The maximum absolute atomic E-state index is 12.4. The summed E-state index contributed by atoms with van der Waals surface area (Å²) in [5, 5.41) is 11.2. The number of allylic oxidation sites excluding steroid dienone is 1. The van der Waals surface area contributed by atoms with E-state index in [1.165, 1.54) is 6.07 Å². The van der Waals surface area contributed by atoms with E-state index in [1.54, 1.807) is 42.5 Å². The fourth-order valence-electron chi connectivity index (χ4n) is 3.85. The lowest BCUT2D eigenvalue weighted by molar-refractivity contribution is -0.136. The third kappa shape index (κ3) is 5.18.